The maximum absolute atomic E-state index is 11.5. The summed E-state index contributed by atoms with van der Waals surface area (Å²) >= 11 is 0. The van der Waals surface area contributed by atoms with Crippen molar-refractivity contribution in [2.24, 2.45) is 0 Å². The quantitative estimate of drug-likeness (QED) is 0.218. The van der Waals surface area contributed by atoms with Gasteiger partial charge in [0.1, 0.15) is 0 Å². The van der Waals surface area contributed by atoms with Gasteiger partial charge in [0.05, 0.1) is 6.61 Å². The molecule has 0 fully saturated rings. The number of rotatable bonds is 14. The summed E-state index contributed by atoms with van der Waals surface area (Å²) in [5, 5.41) is 0. The topological polar surface area (TPSA) is 93.1 Å². The van der Waals surface area contributed by atoms with Gasteiger partial charge in [0.15, 0.2) is 0 Å². The van der Waals surface area contributed by atoms with Gasteiger partial charge in [0, 0.05) is 6.66 Å². The van der Waals surface area contributed by atoms with E-state index in [1.54, 1.807) is 6.08 Å². The summed E-state index contributed by atoms with van der Waals surface area (Å²) in [6.45, 7) is 11.1. The van der Waals surface area contributed by atoms with Crippen molar-refractivity contribution in [1.29, 1.82) is 0 Å². The maximum Gasteiger partial charge on any atom is 0.479 e. The molecule has 2 unspecified atom stereocenters. The van der Waals surface area contributed by atoms with E-state index in [0.29, 0.717) is 0 Å². The largest absolute Gasteiger partial charge is 0.479 e. The Bertz CT molecular complexity index is 709. The van der Waals surface area contributed by atoms with Crippen molar-refractivity contribution in [3.05, 3.63) is 46.6 Å². The van der Waals surface area contributed by atoms with Crippen LogP contribution in [0.25, 0.3) is 0 Å². The SMILES string of the molecule is CC(C)=CCC/C(C)=C/CC/C(C)=C/CC/C(C)=C/COP(=O)(O)OP(C)(=O)O. The molecule has 0 amide bonds. The van der Waals surface area contributed by atoms with Crippen LogP contribution in [0.5, 0.6) is 0 Å². The molecule has 0 saturated heterocycles. The summed E-state index contributed by atoms with van der Waals surface area (Å²) in [7, 11) is -8.60. The molecule has 6 nitrogen and oxygen atoms in total. The van der Waals surface area contributed by atoms with E-state index in [-0.39, 0.29) is 6.61 Å². The van der Waals surface area contributed by atoms with Crippen LogP contribution in [0.3, 0.4) is 0 Å². The molecule has 0 rings (SSSR count). The van der Waals surface area contributed by atoms with E-state index in [4.69, 9.17) is 4.89 Å². The molecule has 8 heteroatoms. The Kier molecular flexibility index (Phi) is 13.9. The second-order valence-corrected chi connectivity index (χ2v) is 11.2. The molecule has 2 atom stereocenters. The van der Waals surface area contributed by atoms with Crippen LogP contribution in [0.1, 0.15) is 73.1 Å². The lowest BCUT2D eigenvalue weighted by Crippen LogP contribution is -1.94. The Morgan fingerprint density at radius 2 is 1.17 bits per heavy atom. The standard InChI is InChI=1S/C21H38O6P2/c1-18(2)10-7-11-19(3)12-8-13-20(4)14-9-15-21(5)16-17-26-29(24,25)27-28(6,22)23/h10,12,14,16H,7-9,11,13,15,17H2,1-6H3,(H,22,23)(H,24,25)/b19-12+,20-14+,21-16+. The van der Waals surface area contributed by atoms with Crippen molar-refractivity contribution in [3.63, 3.8) is 0 Å². The van der Waals surface area contributed by atoms with Gasteiger partial charge >= 0.3 is 15.4 Å². The highest BCUT2D eigenvalue weighted by Crippen LogP contribution is 2.57. The van der Waals surface area contributed by atoms with E-state index in [1.165, 1.54) is 16.7 Å². The molecule has 2 N–H and O–H groups in total. The van der Waals surface area contributed by atoms with Crippen molar-refractivity contribution in [2.45, 2.75) is 73.1 Å². The van der Waals surface area contributed by atoms with Crippen LogP contribution in [-0.2, 0) is 18.0 Å². The van der Waals surface area contributed by atoms with E-state index < -0.39 is 15.4 Å². The highest BCUT2D eigenvalue weighted by molar-refractivity contribution is 7.63. The number of hydrogen-bond acceptors (Lipinski definition) is 4. The Labute approximate surface area is 176 Å². The molecule has 0 aromatic heterocycles. The van der Waals surface area contributed by atoms with E-state index in [9.17, 15) is 14.0 Å². The number of phosphoric ester groups is 1. The van der Waals surface area contributed by atoms with Crippen LogP contribution >= 0.6 is 15.4 Å². The fourth-order valence-corrected chi connectivity index (χ4v) is 4.46. The van der Waals surface area contributed by atoms with Gasteiger partial charge in [-0.1, -0.05) is 46.6 Å². The molecule has 0 aromatic carbocycles. The highest BCUT2D eigenvalue weighted by Gasteiger charge is 2.29. The van der Waals surface area contributed by atoms with Crippen molar-refractivity contribution in [1.82, 2.24) is 0 Å². The molecule has 0 bridgehead atoms. The molecule has 0 aromatic rings. The Balaban J connectivity index is 4.20. The summed E-state index contributed by atoms with van der Waals surface area (Å²) < 4.78 is 31.3. The first-order chi connectivity index (χ1) is 13.3. The number of hydrogen-bond donors (Lipinski definition) is 2. The molecule has 168 valence electrons. The lowest BCUT2D eigenvalue weighted by molar-refractivity contribution is 0.213. The first-order valence-corrected chi connectivity index (χ1v) is 13.4. The van der Waals surface area contributed by atoms with Gasteiger partial charge in [-0.05, 0) is 73.1 Å². The molecule has 0 aliphatic heterocycles. The fraction of sp³-hybridized carbons (Fsp3) is 0.619. The minimum absolute atomic E-state index is 0.154. The van der Waals surface area contributed by atoms with Crippen molar-refractivity contribution in [2.75, 3.05) is 13.3 Å². The first kappa shape index (κ1) is 28.3. The third kappa shape index (κ3) is 19.0. The van der Waals surface area contributed by atoms with Crippen LogP contribution < -0.4 is 0 Å². The minimum Gasteiger partial charge on any atom is -0.324 e. The van der Waals surface area contributed by atoms with Crippen LogP contribution in [-0.4, -0.2) is 23.1 Å². The van der Waals surface area contributed by atoms with E-state index in [2.05, 4.69) is 54.8 Å². The molecule has 0 spiro atoms. The van der Waals surface area contributed by atoms with Crippen LogP contribution in [0.15, 0.2) is 46.6 Å². The highest BCUT2D eigenvalue weighted by atomic mass is 31.3. The third-order valence-corrected chi connectivity index (χ3v) is 6.59. The van der Waals surface area contributed by atoms with Crippen LogP contribution in [0, 0.1) is 0 Å². The molecule has 0 saturated carbocycles. The van der Waals surface area contributed by atoms with Crippen molar-refractivity contribution in [3.8, 4) is 0 Å². The molecular formula is C21H38O6P2. The van der Waals surface area contributed by atoms with E-state index >= 15 is 0 Å². The molecule has 0 aliphatic rings. The second kappa shape index (κ2) is 14.3. The van der Waals surface area contributed by atoms with Gasteiger partial charge in [-0.2, -0.15) is 0 Å². The maximum atomic E-state index is 11.5. The monoisotopic (exact) mass is 448 g/mol. The summed E-state index contributed by atoms with van der Waals surface area (Å²) in [4.78, 5) is 18.3. The van der Waals surface area contributed by atoms with E-state index in [1.807, 2.05) is 6.92 Å². The average molecular weight is 448 g/mol. The normalized spacial score (nSPS) is 17.6. The van der Waals surface area contributed by atoms with Crippen molar-refractivity contribution < 1.29 is 27.8 Å². The van der Waals surface area contributed by atoms with Gasteiger partial charge in [-0.3, -0.25) is 9.09 Å². The predicted molar refractivity (Wildman–Crippen MR) is 121 cm³/mol. The van der Waals surface area contributed by atoms with Crippen molar-refractivity contribution >= 4 is 15.4 Å². The van der Waals surface area contributed by atoms with Crippen LogP contribution in [0.2, 0.25) is 0 Å². The number of phosphoric acid groups is 1. The summed E-state index contributed by atoms with van der Waals surface area (Å²) in [5.41, 5.74) is 5.15. The summed E-state index contributed by atoms with van der Waals surface area (Å²) in [5.74, 6) is 0. The van der Waals surface area contributed by atoms with Gasteiger partial charge in [-0.15, -0.1) is 0 Å². The Hall–Kier alpha value is -0.740. The predicted octanol–water partition coefficient (Wildman–Crippen LogP) is 7.08. The molecule has 0 aliphatic carbocycles. The number of allylic oxidation sites excluding steroid dienone is 7. The zero-order valence-corrected chi connectivity index (χ0v) is 20.5. The van der Waals surface area contributed by atoms with Gasteiger partial charge < -0.3 is 9.79 Å². The fourth-order valence-electron chi connectivity index (χ4n) is 2.48. The smallest absolute Gasteiger partial charge is 0.324 e. The Morgan fingerprint density at radius 3 is 1.59 bits per heavy atom. The first-order valence-electron chi connectivity index (χ1n) is 9.90. The molecule has 0 radical (unpaired) electrons. The van der Waals surface area contributed by atoms with Crippen LogP contribution in [0.4, 0.5) is 0 Å². The van der Waals surface area contributed by atoms with Gasteiger partial charge in [-0.25, -0.2) is 8.88 Å². The molecule has 0 heterocycles. The van der Waals surface area contributed by atoms with E-state index in [0.717, 1.165) is 50.8 Å². The molecule has 29 heavy (non-hydrogen) atoms. The summed E-state index contributed by atoms with van der Waals surface area (Å²) in [6, 6.07) is 0. The average Bonchev–Trinajstić information content (AvgIpc) is 2.51. The third-order valence-electron chi connectivity index (χ3n) is 4.08. The summed E-state index contributed by atoms with van der Waals surface area (Å²) in [6.07, 6.45) is 14.4. The lowest BCUT2D eigenvalue weighted by Gasteiger charge is -2.12. The lowest BCUT2D eigenvalue weighted by atomic mass is 10.0. The van der Waals surface area contributed by atoms with Gasteiger partial charge in [0.2, 0.25) is 0 Å². The molecular weight excluding hydrogens is 410 g/mol. The zero-order chi connectivity index (χ0) is 22.5. The minimum atomic E-state index is -4.52. The van der Waals surface area contributed by atoms with Gasteiger partial charge in [0.25, 0.3) is 0 Å². The Morgan fingerprint density at radius 1 is 0.759 bits per heavy atom. The second-order valence-electron chi connectivity index (χ2n) is 7.70. The zero-order valence-electron chi connectivity index (χ0n) is 18.7.